The lowest BCUT2D eigenvalue weighted by molar-refractivity contribution is 0.171. The molecule has 4 nitrogen and oxygen atoms in total. The summed E-state index contributed by atoms with van der Waals surface area (Å²) in [5.74, 6) is 1.98. The molecular weight excluding hydrogens is 254 g/mol. The highest BCUT2D eigenvalue weighted by molar-refractivity contribution is 6.31. The van der Waals surface area contributed by atoms with Crippen LogP contribution in [0, 0.1) is 0 Å². The number of fused-ring (bicyclic) bond motifs is 1. The lowest BCUT2D eigenvalue weighted by atomic mass is 10.0. The standard InChI is InChI=1S/C13H12ClNO3/c14-9-7-12-11(17-4-5-18-12)6-8(9)13(15)10-2-1-3-16-10/h1-3,6-7,13H,4-5,15H2. The van der Waals surface area contributed by atoms with Crippen molar-refractivity contribution in [3.8, 4) is 11.5 Å². The average Bonchev–Trinajstić information content (AvgIpc) is 2.91. The number of halogens is 1. The lowest BCUT2D eigenvalue weighted by Crippen LogP contribution is -2.17. The third-order valence-corrected chi connectivity index (χ3v) is 3.17. The predicted octanol–water partition coefficient (Wildman–Crippen LogP) is 2.75. The Hall–Kier alpha value is -1.65. The van der Waals surface area contributed by atoms with Gasteiger partial charge in [0.1, 0.15) is 19.0 Å². The molecule has 0 bridgehead atoms. The van der Waals surface area contributed by atoms with Crippen molar-refractivity contribution in [1.29, 1.82) is 0 Å². The van der Waals surface area contributed by atoms with Crippen molar-refractivity contribution in [2.75, 3.05) is 13.2 Å². The van der Waals surface area contributed by atoms with Gasteiger partial charge in [0, 0.05) is 11.1 Å². The molecule has 0 radical (unpaired) electrons. The summed E-state index contributed by atoms with van der Waals surface area (Å²) in [5, 5.41) is 0.545. The number of rotatable bonds is 2. The van der Waals surface area contributed by atoms with E-state index >= 15 is 0 Å². The number of nitrogens with two attached hydrogens (primary N) is 1. The van der Waals surface area contributed by atoms with Crippen LogP contribution in [0.1, 0.15) is 17.4 Å². The summed E-state index contributed by atoms with van der Waals surface area (Å²) in [6.07, 6.45) is 1.58. The van der Waals surface area contributed by atoms with Crippen LogP contribution in [-0.4, -0.2) is 13.2 Å². The van der Waals surface area contributed by atoms with Crippen molar-refractivity contribution in [2.24, 2.45) is 5.73 Å². The lowest BCUT2D eigenvalue weighted by Gasteiger charge is -2.21. The summed E-state index contributed by atoms with van der Waals surface area (Å²) in [7, 11) is 0. The van der Waals surface area contributed by atoms with E-state index in [2.05, 4.69) is 0 Å². The molecule has 1 atom stereocenters. The minimum Gasteiger partial charge on any atom is -0.486 e. The smallest absolute Gasteiger partial charge is 0.162 e. The molecule has 5 heteroatoms. The van der Waals surface area contributed by atoms with Crippen LogP contribution in [0.3, 0.4) is 0 Å². The molecule has 2 aromatic rings. The van der Waals surface area contributed by atoms with Crippen molar-refractivity contribution in [3.63, 3.8) is 0 Å². The number of benzene rings is 1. The molecule has 1 aliphatic rings. The highest BCUT2D eigenvalue weighted by atomic mass is 35.5. The molecule has 94 valence electrons. The zero-order chi connectivity index (χ0) is 12.5. The molecular formula is C13H12ClNO3. The minimum absolute atomic E-state index is 0.414. The monoisotopic (exact) mass is 265 g/mol. The molecule has 1 aliphatic heterocycles. The molecule has 2 heterocycles. The van der Waals surface area contributed by atoms with Crippen LogP contribution in [0.4, 0.5) is 0 Å². The van der Waals surface area contributed by atoms with E-state index < -0.39 is 6.04 Å². The van der Waals surface area contributed by atoms with Crippen molar-refractivity contribution in [1.82, 2.24) is 0 Å². The Balaban J connectivity index is 2.01. The second-order valence-electron chi connectivity index (χ2n) is 4.01. The van der Waals surface area contributed by atoms with Crippen LogP contribution in [0.5, 0.6) is 11.5 Å². The quantitative estimate of drug-likeness (QED) is 0.907. The first kappa shape index (κ1) is 11.4. The van der Waals surface area contributed by atoms with Crippen LogP contribution >= 0.6 is 11.6 Å². The Kier molecular flexibility index (Phi) is 2.89. The van der Waals surface area contributed by atoms with E-state index in [-0.39, 0.29) is 0 Å². The molecule has 18 heavy (non-hydrogen) atoms. The van der Waals surface area contributed by atoms with E-state index in [1.807, 2.05) is 12.1 Å². The fraction of sp³-hybridized carbons (Fsp3) is 0.231. The fourth-order valence-electron chi connectivity index (χ4n) is 1.94. The molecule has 0 amide bonds. The maximum Gasteiger partial charge on any atom is 0.162 e. The highest BCUT2D eigenvalue weighted by Crippen LogP contribution is 2.38. The highest BCUT2D eigenvalue weighted by Gasteiger charge is 2.20. The van der Waals surface area contributed by atoms with E-state index in [9.17, 15) is 0 Å². The maximum absolute atomic E-state index is 6.22. The normalized spacial score (nSPS) is 15.4. The first-order valence-corrected chi connectivity index (χ1v) is 6.01. The summed E-state index contributed by atoms with van der Waals surface area (Å²) >= 11 is 6.22. The first-order chi connectivity index (χ1) is 8.75. The molecule has 0 saturated carbocycles. The number of furan rings is 1. The van der Waals surface area contributed by atoms with Crippen LogP contribution in [0.2, 0.25) is 5.02 Å². The topological polar surface area (TPSA) is 57.6 Å². The van der Waals surface area contributed by atoms with E-state index in [1.165, 1.54) is 0 Å². The van der Waals surface area contributed by atoms with E-state index in [1.54, 1.807) is 18.4 Å². The number of hydrogen-bond acceptors (Lipinski definition) is 4. The zero-order valence-corrected chi connectivity index (χ0v) is 10.3. The molecule has 1 aromatic heterocycles. The van der Waals surface area contributed by atoms with Gasteiger partial charge >= 0.3 is 0 Å². The third kappa shape index (κ3) is 1.94. The van der Waals surface area contributed by atoms with E-state index in [0.717, 1.165) is 5.56 Å². The van der Waals surface area contributed by atoms with Gasteiger partial charge in [-0.25, -0.2) is 0 Å². The molecule has 3 rings (SSSR count). The van der Waals surface area contributed by atoms with Crippen LogP contribution in [-0.2, 0) is 0 Å². The summed E-state index contributed by atoms with van der Waals surface area (Å²) < 4.78 is 16.3. The molecule has 0 aliphatic carbocycles. The van der Waals surface area contributed by atoms with Gasteiger partial charge in [-0.05, 0) is 23.8 Å². The molecule has 2 N–H and O–H groups in total. The molecule has 0 fully saturated rings. The summed E-state index contributed by atoms with van der Waals surface area (Å²) in [6, 6.07) is 6.74. The Morgan fingerprint density at radius 2 is 1.89 bits per heavy atom. The first-order valence-electron chi connectivity index (χ1n) is 5.64. The SMILES string of the molecule is NC(c1ccco1)c1cc2c(cc1Cl)OCCO2. The number of hydrogen-bond donors (Lipinski definition) is 1. The van der Waals surface area contributed by atoms with Gasteiger partial charge in [0.15, 0.2) is 11.5 Å². The Bertz CT molecular complexity index is 554. The summed E-state index contributed by atoms with van der Waals surface area (Å²) in [5.41, 5.74) is 6.88. The largest absolute Gasteiger partial charge is 0.486 e. The minimum atomic E-state index is -0.414. The van der Waals surface area contributed by atoms with Crippen LogP contribution in [0.15, 0.2) is 34.9 Å². The fourth-order valence-corrected chi connectivity index (χ4v) is 2.21. The van der Waals surface area contributed by atoms with Gasteiger partial charge in [0.05, 0.1) is 12.3 Å². The van der Waals surface area contributed by atoms with Crippen LogP contribution < -0.4 is 15.2 Å². The Morgan fingerprint density at radius 3 is 2.56 bits per heavy atom. The van der Waals surface area contributed by atoms with Gasteiger partial charge in [0.25, 0.3) is 0 Å². The Morgan fingerprint density at radius 1 is 1.17 bits per heavy atom. The van der Waals surface area contributed by atoms with Crippen molar-refractivity contribution in [3.05, 3.63) is 46.9 Å². The average molecular weight is 266 g/mol. The molecule has 1 aromatic carbocycles. The predicted molar refractivity (Wildman–Crippen MR) is 67.2 cm³/mol. The van der Waals surface area contributed by atoms with Gasteiger partial charge in [-0.1, -0.05) is 11.6 Å². The van der Waals surface area contributed by atoms with Gasteiger partial charge in [-0.2, -0.15) is 0 Å². The molecule has 0 saturated heterocycles. The van der Waals surface area contributed by atoms with Crippen molar-refractivity contribution >= 4 is 11.6 Å². The number of ether oxygens (including phenoxy) is 2. The van der Waals surface area contributed by atoms with Gasteiger partial charge in [0.2, 0.25) is 0 Å². The zero-order valence-electron chi connectivity index (χ0n) is 9.56. The Labute approximate surface area is 109 Å². The molecule has 1 unspecified atom stereocenters. The van der Waals surface area contributed by atoms with Gasteiger partial charge in [-0.3, -0.25) is 0 Å². The van der Waals surface area contributed by atoms with E-state index in [0.29, 0.717) is 35.5 Å². The van der Waals surface area contributed by atoms with Crippen LogP contribution in [0.25, 0.3) is 0 Å². The second-order valence-corrected chi connectivity index (χ2v) is 4.42. The van der Waals surface area contributed by atoms with Gasteiger partial charge < -0.3 is 19.6 Å². The second kappa shape index (κ2) is 4.55. The van der Waals surface area contributed by atoms with Gasteiger partial charge in [-0.15, -0.1) is 0 Å². The van der Waals surface area contributed by atoms with Crippen molar-refractivity contribution < 1.29 is 13.9 Å². The summed E-state index contributed by atoms with van der Waals surface area (Å²) in [6.45, 7) is 1.07. The third-order valence-electron chi connectivity index (χ3n) is 2.85. The van der Waals surface area contributed by atoms with E-state index in [4.69, 9.17) is 31.2 Å². The maximum atomic E-state index is 6.22. The van der Waals surface area contributed by atoms with Crippen molar-refractivity contribution in [2.45, 2.75) is 6.04 Å². The summed E-state index contributed by atoms with van der Waals surface area (Å²) in [4.78, 5) is 0. The molecule has 0 spiro atoms.